The summed E-state index contributed by atoms with van der Waals surface area (Å²) in [5.41, 5.74) is -6.32. The van der Waals surface area contributed by atoms with Crippen molar-refractivity contribution in [2.75, 3.05) is 0 Å². The second-order valence-electron chi connectivity index (χ2n) is 3.24. The van der Waals surface area contributed by atoms with Gasteiger partial charge < -0.3 is 9.29 Å². The molecule has 0 saturated heterocycles. The van der Waals surface area contributed by atoms with Crippen LogP contribution in [0.3, 0.4) is 0 Å². The molecule has 100 valence electrons. The Bertz CT molecular complexity index is 576. The lowest BCUT2D eigenvalue weighted by atomic mass is 10.1. The summed E-state index contributed by atoms with van der Waals surface area (Å²) in [7, 11) is -5.89. The van der Waals surface area contributed by atoms with E-state index in [1.165, 1.54) is 19.1 Å². The molecule has 1 rings (SSSR count). The third-order valence-electron chi connectivity index (χ3n) is 1.92. The topological polar surface area (TPSA) is 80.7 Å². The average Bonchev–Trinajstić information content (AvgIpc) is 2.18. The Hall–Kier alpha value is -1.77. The SMILES string of the molecule is Cc1cccc(C(=O)O)c1OS(=O)(=O)C(F)(F)F. The van der Waals surface area contributed by atoms with Crippen LogP contribution < -0.4 is 4.18 Å². The van der Waals surface area contributed by atoms with Crippen molar-refractivity contribution < 1.29 is 35.7 Å². The van der Waals surface area contributed by atoms with E-state index in [9.17, 15) is 26.4 Å². The molecule has 1 aromatic carbocycles. The van der Waals surface area contributed by atoms with Crippen molar-refractivity contribution in [2.45, 2.75) is 12.4 Å². The van der Waals surface area contributed by atoms with Crippen LogP contribution in [-0.2, 0) is 10.1 Å². The Morgan fingerprint density at radius 2 is 1.89 bits per heavy atom. The lowest BCUT2D eigenvalue weighted by Crippen LogP contribution is -2.28. The van der Waals surface area contributed by atoms with Crippen molar-refractivity contribution >= 4 is 16.1 Å². The third-order valence-corrected chi connectivity index (χ3v) is 2.87. The minimum absolute atomic E-state index is 0.0391. The molecular formula is C9H7F3O5S. The predicted octanol–water partition coefficient (Wildman–Crippen LogP) is 1.92. The van der Waals surface area contributed by atoms with Crippen LogP contribution in [0, 0.1) is 6.92 Å². The van der Waals surface area contributed by atoms with Crippen LogP contribution in [-0.4, -0.2) is 25.0 Å². The van der Waals surface area contributed by atoms with Crippen LogP contribution in [0.5, 0.6) is 5.75 Å². The van der Waals surface area contributed by atoms with Gasteiger partial charge in [-0.2, -0.15) is 21.6 Å². The number of aromatic carboxylic acids is 1. The Kier molecular flexibility index (Phi) is 3.56. The number of carbonyl (C=O) groups is 1. The van der Waals surface area contributed by atoms with Crippen molar-refractivity contribution in [3.8, 4) is 5.75 Å². The summed E-state index contributed by atoms with van der Waals surface area (Å²) in [6.45, 7) is 1.23. The number of carboxylic acids is 1. The van der Waals surface area contributed by atoms with Gasteiger partial charge in [-0.1, -0.05) is 12.1 Å². The van der Waals surface area contributed by atoms with E-state index in [2.05, 4.69) is 4.18 Å². The molecule has 0 aliphatic carbocycles. The van der Waals surface area contributed by atoms with Crippen LogP contribution in [0.25, 0.3) is 0 Å². The maximum atomic E-state index is 12.1. The van der Waals surface area contributed by atoms with Gasteiger partial charge in [0.2, 0.25) is 0 Å². The quantitative estimate of drug-likeness (QED) is 0.677. The Morgan fingerprint density at radius 1 is 1.33 bits per heavy atom. The molecule has 5 nitrogen and oxygen atoms in total. The fraction of sp³-hybridized carbons (Fsp3) is 0.222. The molecule has 1 aromatic rings. The van der Waals surface area contributed by atoms with Gasteiger partial charge in [-0.3, -0.25) is 0 Å². The first-order valence-corrected chi connectivity index (χ1v) is 5.81. The smallest absolute Gasteiger partial charge is 0.478 e. The van der Waals surface area contributed by atoms with E-state index in [-0.39, 0.29) is 5.56 Å². The number of halogens is 3. The molecule has 0 heterocycles. The molecule has 0 atom stereocenters. The Morgan fingerprint density at radius 3 is 2.33 bits per heavy atom. The first-order chi connectivity index (χ1) is 8.06. The summed E-state index contributed by atoms with van der Waals surface area (Å²) in [4.78, 5) is 10.8. The summed E-state index contributed by atoms with van der Waals surface area (Å²) in [5.74, 6) is -2.44. The van der Waals surface area contributed by atoms with Gasteiger partial charge in [0.25, 0.3) is 0 Å². The fourth-order valence-electron chi connectivity index (χ4n) is 1.09. The van der Waals surface area contributed by atoms with Crippen LogP contribution in [0.2, 0.25) is 0 Å². The summed E-state index contributed by atoms with van der Waals surface area (Å²) in [6, 6.07) is 3.43. The van der Waals surface area contributed by atoms with Gasteiger partial charge in [0.05, 0.1) is 0 Å². The van der Waals surface area contributed by atoms with Crippen molar-refractivity contribution in [1.29, 1.82) is 0 Å². The number of hydrogen-bond donors (Lipinski definition) is 1. The maximum absolute atomic E-state index is 12.1. The second-order valence-corrected chi connectivity index (χ2v) is 4.78. The summed E-state index contributed by atoms with van der Waals surface area (Å²) >= 11 is 0. The molecule has 0 saturated carbocycles. The van der Waals surface area contributed by atoms with Crippen molar-refractivity contribution in [2.24, 2.45) is 0 Å². The molecule has 9 heteroatoms. The lowest BCUT2D eigenvalue weighted by molar-refractivity contribution is -0.0500. The van der Waals surface area contributed by atoms with Gasteiger partial charge in [0.1, 0.15) is 5.56 Å². The standard InChI is InChI=1S/C9H7F3O5S/c1-5-3-2-4-6(8(13)14)7(5)17-18(15,16)9(10,11)12/h2-4H,1H3,(H,13,14). The highest BCUT2D eigenvalue weighted by Crippen LogP contribution is 2.31. The number of aryl methyl sites for hydroxylation is 1. The summed E-state index contributed by atoms with van der Waals surface area (Å²) in [5, 5.41) is 8.73. The summed E-state index contributed by atoms with van der Waals surface area (Å²) in [6.07, 6.45) is 0. The highest BCUT2D eigenvalue weighted by atomic mass is 32.2. The highest BCUT2D eigenvalue weighted by Gasteiger charge is 2.49. The first-order valence-electron chi connectivity index (χ1n) is 4.40. The molecule has 0 fully saturated rings. The van der Waals surface area contributed by atoms with E-state index in [0.717, 1.165) is 6.07 Å². The van der Waals surface area contributed by atoms with E-state index < -0.39 is 32.9 Å². The maximum Gasteiger partial charge on any atom is 0.534 e. The average molecular weight is 284 g/mol. The normalized spacial score (nSPS) is 12.2. The number of alkyl halides is 3. The fourth-order valence-corrected chi connectivity index (χ4v) is 1.62. The molecule has 0 radical (unpaired) electrons. The molecule has 0 bridgehead atoms. The summed E-state index contributed by atoms with van der Waals surface area (Å²) < 4.78 is 61.8. The van der Waals surface area contributed by atoms with E-state index in [1.807, 2.05) is 0 Å². The lowest BCUT2D eigenvalue weighted by Gasteiger charge is -2.13. The number of rotatable bonds is 3. The van der Waals surface area contributed by atoms with Gasteiger partial charge in [-0.05, 0) is 18.6 Å². The minimum Gasteiger partial charge on any atom is -0.478 e. The molecule has 1 N–H and O–H groups in total. The van der Waals surface area contributed by atoms with Crippen LogP contribution >= 0.6 is 0 Å². The van der Waals surface area contributed by atoms with Crippen molar-refractivity contribution in [3.63, 3.8) is 0 Å². The number of hydrogen-bond acceptors (Lipinski definition) is 4. The number of carboxylic acid groups (broad SMARTS) is 1. The highest BCUT2D eigenvalue weighted by molar-refractivity contribution is 7.88. The van der Waals surface area contributed by atoms with Gasteiger partial charge >= 0.3 is 21.6 Å². The molecule has 0 amide bonds. The molecule has 0 aliphatic heterocycles. The van der Waals surface area contributed by atoms with E-state index in [1.54, 1.807) is 0 Å². The van der Waals surface area contributed by atoms with E-state index >= 15 is 0 Å². The molecule has 0 aliphatic rings. The van der Waals surface area contributed by atoms with Crippen molar-refractivity contribution in [3.05, 3.63) is 29.3 Å². The van der Waals surface area contributed by atoms with Gasteiger partial charge in [-0.25, -0.2) is 4.79 Å². The molecule has 0 aromatic heterocycles. The van der Waals surface area contributed by atoms with Crippen LogP contribution in [0.1, 0.15) is 15.9 Å². The molecule has 0 spiro atoms. The molecule has 18 heavy (non-hydrogen) atoms. The zero-order valence-corrected chi connectivity index (χ0v) is 9.67. The zero-order chi connectivity index (χ0) is 14.1. The van der Waals surface area contributed by atoms with Gasteiger partial charge in [0.15, 0.2) is 5.75 Å². The second kappa shape index (κ2) is 4.48. The van der Waals surface area contributed by atoms with Crippen LogP contribution in [0.15, 0.2) is 18.2 Å². The van der Waals surface area contributed by atoms with E-state index in [4.69, 9.17) is 5.11 Å². The number of para-hydroxylation sites is 1. The Balaban J connectivity index is 3.33. The third kappa shape index (κ3) is 2.73. The monoisotopic (exact) mass is 284 g/mol. The molecular weight excluding hydrogens is 277 g/mol. The van der Waals surface area contributed by atoms with Crippen LogP contribution in [0.4, 0.5) is 13.2 Å². The van der Waals surface area contributed by atoms with Gasteiger partial charge in [0, 0.05) is 0 Å². The van der Waals surface area contributed by atoms with E-state index in [0.29, 0.717) is 0 Å². The Labute approximate surface area is 99.9 Å². The first kappa shape index (κ1) is 14.3. The largest absolute Gasteiger partial charge is 0.534 e. The van der Waals surface area contributed by atoms with Crippen molar-refractivity contribution in [1.82, 2.24) is 0 Å². The number of benzene rings is 1. The molecule has 0 unspecified atom stereocenters. The minimum atomic E-state index is -5.89. The predicted molar refractivity (Wildman–Crippen MR) is 53.7 cm³/mol. The van der Waals surface area contributed by atoms with Gasteiger partial charge in [-0.15, -0.1) is 0 Å². The zero-order valence-electron chi connectivity index (χ0n) is 8.85.